The lowest BCUT2D eigenvalue weighted by molar-refractivity contribution is -0.116. The highest BCUT2D eigenvalue weighted by molar-refractivity contribution is 9.09. The van der Waals surface area contributed by atoms with E-state index in [2.05, 4.69) is 15.9 Å². The van der Waals surface area contributed by atoms with Crippen molar-refractivity contribution >= 4 is 44.1 Å². The number of ether oxygens (including phenoxy) is 1. The van der Waals surface area contributed by atoms with Gasteiger partial charge in [0.15, 0.2) is 0 Å². The van der Waals surface area contributed by atoms with E-state index in [1.165, 1.54) is 11.3 Å². The minimum absolute atomic E-state index is 0.0497. The summed E-state index contributed by atoms with van der Waals surface area (Å²) >= 11 is 4.94. The Bertz CT molecular complexity index is 526. The third-order valence-electron chi connectivity index (χ3n) is 3.17. The maximum Gasteiger partial charge on any atom is 0.341 e. The Kier molecular flexibility index (Phi) is 4.30. The van der Waals surface area contributed by atoms with Crippen molar-refractivity contribution in [2.24, 2.45) is 0 Å². The lowest BCUT2D eigenvalue weighted by Crippen LogP contribution is -2.25. The highest BCUT2D eigenvalue weighted by atomic mass is 79.9. The predicted octanol–water partition coefficient (Wildman–Crippen LogP) is 3.04. The minimum Gasteiger partial charge on any atom is -0.462 e. The summed E-state index contributed by atoms with van der Waals surface area (Å²) in [6.45, 7) is 6.57. The van der Waals surface area contributed by atoms with Gasteiger partial charge in [-0.3, -0.25) is 4.79 Å². The van der Waals surface area contributed by atoms with Crippen LogP contribution in [0.5, 0.6) is 0 Å². The van der Waals surface area contributed by atoms with E-state index in [0.29, 0.717) is 25.1 Å². The van der Waals surface area contributed by atoms with Gasteiger partial charge in [0.2, 0.25) is 5.91 Å². The van der Waals surface area contributed by atoms with Crippen molar-refractivity contribution in [2.75, 3.05) is 18.1 Å². The predicted molar refractivity (Wildman–Crippen MR) is 79.4 cm³/mol. The highest BCUT2D eigenvalue weighted by Crippen LogP contribution is 2.38. The molecule has 0 radical (unpaired) electrons. The topological polar surface area (TPSA) is 46.6 Å². The molecule has 1 aliphatic rings. The van der Waals surface area contributed by atoms with E-state index in [1.807, 2.05) is 13.8 Å². The molecule has 1 saturated heterocycles. The number of hydrogen-bond donors (Lipinski definition) is 0. The van der Waals surface area contributed by atoms with Gasteiger partial charge in [0, 0.05) is 22.7 Å². The fourth-order valence-electron chi connectivity index (χ4n) is 2.10. The number of alkyl halides is 1. The lowest BCUT2D eigenvalue weighted by Gasteiger charge is -2.15. The summed E-state index contributed by atoms with van der Waals surface area (Å²) in [6, 6.07) is 0. The zero-order valence-electron chi connectivity index (χ0n) is 11.2. The van der Waals surface area contributed by atoms with Crippen LogP contribution in [0, 0.1) is 13.8 Å². The molecule has 1 aliphatic heterocycles. The molecule has 0 bridgehead atoms. The van der Waals surface area contributed by atoms with Crippen LogP contribution in [0.1, 0.15) is 34.1 Å². The quantitative estimate of drug-likeness (QED) is 0.624. The fourth-order valence-corrected chi connectivity index (χ4v) is 3.84. The van der Waals surface area contributed by atoms with Gasteiger partial charge in [-0.05, 0) is 26.3 Å². The van der Waals surface area contributed by atoms with Crippen molar-refractivity contribution in [3.63, 3.8) is 0 Å². The molecule has 1 aromatic rings. The van der Waals surface area contributed by atoms with E-state index in [0.717, 1.165) is 15.4 Å². The molecule has 1 atom stereocenters. The van der Waals surface area contributed by atoms with Gasteiger partial charge >= 0.3 is 5.97 Å². The molecule has 0 saturated carbocycles. The summed E-state index contributed by atoms with van der Waals surface area (Å²) in [5.41, 5.74) is 1.45. The maximum absolute atomic E-state index is 12.1. The van der Waals surface area contributed by atoms with Crippen LogP contribution in [0.15, 0.2) is 0 Å². The molecule has 1 amide bonds. The summed E-state index contributed by atoms with van der Waals surface area (Å²) in [4.78, 5) is 27.0. The molecule has 0 aliphatic carbocycles. The summed E-state index contributed by atoms with van der Waals surface area (Å²) in [5.74, 6) is -0.293. The van der Waals surface area contributed by atoms with Crippen molar-refractivity contribution in [2.45, 2.75) is 32.0 Å². The van der Waals surface area contributed by atoms with Crippen molar-refractivity contribution < 1.29 is 14.3 Å². The Hall–Kier alpha value is -0.880. The SMILES string of the molecule is CCOC(=O)c1c(N2CC(Br)CC2=O)sc(C)c1C. The monoisotopic (exact) mass is 345 g/mol. The molecular weight excluding hydrogens is 330 g/mol. The van der Waals surface area contributed by atoms with Gasteiger partial charge in [0.05, 0.1) is 12.2 Å². The van der Waals surface area contributed by atoms with Gasteiger partial charge < -0.3 is 9.64 Å². The lowest BCUT2D eigenvalue weighted by atomic mass is 10.1. The molecule has 0 aromatic carbocycles. The average Bonchev–Trinajstić information content (AvgIpc) is 2.80. The van der Waals surface area contributed by atoms with Crippen molar-refractivity contribution in [3.05, 3.63) is 16.0 Å². The van der Waals surface area contributed by atoms with Crippen LogP contribution in [0.3, 0.4) is 0 Å². The molecule has 1 unspecified atom stereocenters. The molecular formula is C13H16BrNO3S. The van der Waals surface area contributed by atoms with Gasteiger partial charge in [0.1, 0.15) is 5.00 Å². The van der Waals surface area contributed by atoms with Crippen LogP contribution in [0.25, 0.3) is 0 Å². The number of aryl methyl sites for hydroxylation is 1. The Morgan fingerprint density at radius 2 is 2.21 bits per heavy atom. The van der Waals surface area contributed by atoms with E-state index >= 15 is 0 Å². The fraction of sp³-hybridized carbons (Fsp3) is 0.538. The van der Waals surface area contributed by atoms with Gasteiger partial charge in [-0.2, -0.15) is 0 Å². The number of carbonyl (C=O) groups excluding carboxylic acids is 2. The highest BCUT2D eigenvalue weighted by Gasteiger charge is 2.34. The molecule has 1 fully saturated rings. The Morgan fingerprint density at radius 1 is 1.53 bits per heavy atom. The second-order valence-corrected chi connectivity index (χ2v) is 6.99. The van der Waals surface area contributed by atoms with Crippen molar-refractivity contribution in [1.29, 1.82) is 0 Å². The molecule has 6 heteroatoms. The number of esters is 1. The van der Waals surface area contributed by atoms with Gasteiger partial charge in [-0.15, -0.1) is 11.3 Å². The third-order valence-corrected chi connectivity index (χ3v) is 5.01. The normalized spacial score (nSPS) is 19.1. The van der Waals surface area contributed by atoms with Gasteiger partial charge in [-0.25, -0.2) is 4.79 Å². The van der Waals surface area contributed by atoms with Gasteiger partial charge in [0.25, 0.3) is 0 Å². The molecule has 19 heavy (non-hydrogen) atoms. The first kappa shape index (κ1) is 14.5. The van der Waals surface area contributed by atoms with Crippen LogP contribution in [0.4, 0.5) is 5.00 Å². The number of rotatable bonds is 3. The van der Waals surface area contributed by atoms with E-state index in [4.69, 9.17) is 4.74 Å². The first-order valence-corrected chi connectivity index (χ1v) is 7.90. The van der Waals surface area contributed by atoms with Crippen LogP contribution < -0.4 is 4.90 Å². The van der Waals surface area contributed by atoms with Crippen LogP contribution in [0.2, 0.25) is 0 Å². The van der Waals surface area contributed by atoms with E-state index in [9.17, 15) is 9.59 Å². The number of thiophene rings is 1. The number of anilines is 1. The molecule has 2 rings (SSSR count). The van der Waals surface area contributed by atoms with E-state index < -0.39 is 0 Å². The zero-order chi connectivity index (χ0) is 14.2. The van der Waals surface area contributed by atoms with Gasteiger partial charge in [-0.1, -0.05) is 15.9 Å². The van der Waals surface area contributed by atoms with Crippen LogP contribution >= 0.6 is 27.3 Å². The van der Waals surface area contributed by atoms with Crippen molar-refractivity contribution in [3.8, 4) is 0 Å². The summed E-state index contributed by atoms with van der Waals surface area (Å²) in [5, 5.41) is 0.723. The average molecular weight is 346 g/mol. The van der Waals surface area contributed by atoms with E-state index in [-0.39, 0.29) is 16.7 Å². The zero-order valence-corrected chi connectivity index (χ0v) is 13.6. The number of halogens is 1. The standard InChI is InChI=1S/C13H16BrNO3S/c1-4-18-13(17)11-7(2)8(3)19-12(11)15-6-9(14)5-10(15)16/h9H,4-6H2,1-3H3. The molecule has 0 spiro atoms. The third kappa shape index (κ3) is 2.69. The Labute approximate surface area is 124 Å². The first-order chi connectivity index (χ1) is 8.95. The summed E-state index contributed by atoms with van der Waals surface area (Å²) in [6.07, 6.45) is 0.470. The van der Waals surface area contributed by atoms with Crippen LogP contribution in [-0.4, -0.2) is 29.9 Å². The largest absolute Gasteiger partial charge is 0.462 e. The smallest absolute Gasteiger partial charge is 0.341 e. The Morgan fingerprint density at radius 3 is 2.74 bits per heavy atom. The molecule has 1 aromatic heterocycles. The van der Waals surface area contributed by atoms with Crippen molar-refractivity contribution in [1.82, 2.24) is 0 Å². The molecule has 2 heterocycles. The van der Waals surface area contributed by atoms with Crippen LogP contribution in [-0.2, 0) is 9.53 Å². The molecule has 4 nitrogen and oxygen atoms in total. The number of amides is 1. The first-order valence-electron chi connectivity index (χ1n) is 6.17. The Balaban J connectivity index is 2.43. The second kappa shape index (κ2) is 5.63. The minimum atomic E-state index is -0.342. The molecule has 0 N–H and O–H groups in total. The number of nitrogens with zero attached hydrogens (tertiary/aromatic N) is 1. The maximum atomic E-state index is 12.1. The summed E-state index contributed by atoms with van der Waals surface area (Å²) < 4.78 is 5.10. The number of carbonyl (C=O) groups is 2. The second-order valence-electron chi connectivity index (χ2n) is 4.49. The molecule has 104 valence electrons. The number of hydrogen-bond acceptors (Lipinski definition) is 4. The van der Waals surface area contributed by atoms with E-state index in [1.54, 1.807) is 11.8 Å². The summed E-state index contributed by atoms with van der Waals surface area (Å²) in [7, 11) is 0.